The number of hydrogen-bond donors (Lipinski definition) is 0. The third-order valence-corrected chi connectivity index (χ3v) is 3.23. The Labute approximate surface area is 111 Å². The number of anilines is 1. The molecular weight excluding hydrogens is 240 g/mol. The highest BCUT2D eigenvalue weighted by Gasteiger charge is 2.23. The van der Waals surface area contributed by atoms with Crippen LogP contribution in [0.1, 0.15) is 5.56 Å². The van der Waals surface area contributed by atoms with Gasteiger partial charge in [-0.3, -0.25) is 9.69 Å². The molecule has 2 aromatic rings. The van der Waals surface area contributed by atoms with Gasteiger partial charge < -0.3 is 4.74 Å². The minimum Gasteiger partial charge on any atom is -0.480 e. The second kappa shape index (κ2) is 4.39. The van der Waals surface area contributed by atoms with Crippen molar-refractivity contribution in [3.63, 3.8) is 0 Å². The first-order valence-electron chi connectivity index (χ1n) is 6.12. The Balaban J connectivity index is 2.05. The van der Waals surface area contributed by atoms with Gasteiger partial charge in [-0.15, -0.1) is 0 Å². The van der Waals surface area contributed by atoms with E-state index in [0.29, 0.717) is 11.6 Å². The van der Waals surface area contributed by atoms with E-state index in [2.05, 4.69) is 4.98 Å². The quantitative estimate of drug-likeness (QED) is 0.784. The van der Waals surface area contributed by atoms with Crippen LogP contribution < -0.4 is 9.64 Å². The van der Waals surface area contributed by atoms with E-state index in [1.165, 1.54) is 10.5 Å². The van der Waals surface area contributed by atoms with Gasteiger partial charge in [0.2, 0.25) is 0 Å². The molecule has 0 bridgehead atoms. The van der Waals surface area contributed by atoms with Crippen LogP contribution in [-0.4, -0.2) is 24.5 Å². The first-order valence-corrected chi connectivity index (χ1v) is 6.12. The van der Waals surface area contributed by atoms with Crippen molar-refractivity contribution in [1.29, 1.82) is 0 Å². The van der Waals surface area contributed by atoms with Crippen molar-refractivity contribution in [2.75, 3.05) is 18.6 Å². The number of fused-ring (bicyclic) bond motifs is 1. The summed E-state index contributed by atoms with van der Waals surface area (Å²) in [6.45, 7) is 2.12. The van der Waals surface area contributed by atoms with Crippen LogP contribution >= 0.6 is 0 Å². The number of hydrogen-bond acceptors (Lipinski definition) is 3. The number of benzene rings is 1. The van der Waals surface area contributed by atoms with Crippen molar-refractivity contribution in [2.45, 2.75) is 6.92 Å². The molecule has 0 unspecified atom stereocenters. The molecule has 0 spiro atoms. The normalized spacial score (nSPS) is 14.0. The van der Waals surface area contributed by atoms with E-state index in [4.69, 9.17) is 4.74 Å². The molecule has 1 amide bonds. The lowest BCUT2D eigenvalue weighted by Crippen LogP contribution is -2.36. The lowest BCUT2D eigenvalue weighted by molar-refractivity contribution is -0.121. The summed E-state index contributed by atoms with van der Waals surface area (Å²) in [5.74, 6) is 1.15. The van der Waals surface area contributed by atoms with E-state index in [1.807, 2.05) is 43.3 Å². The Morgan fingerprint density at radius 3 is 2.63 bits per heavy atom. The largest absolute Gasteiger partial charge is 0.480 e. The zero-order chi connectivity index (χ0) is 13.4. The summed E-state index contributed by atoms with van der Waals surface area (Å²) in [6.07, 6.45) is 0. The molecule has 1 aromatic heterocycles. The molecule has 0 atom stereocenters. The molecule has 0 saturated carbocycles. The third-order valence-electron chi connectivity index (χ3n) is 3.23. The number of pyridine rings is 1. The minimum absolute atomic E-state index is 0.0784. The average molecular weight is 254 g/mol. The van der Waals surface area contributed by atoms with Crippen molar-refractivity contribution < 1.29 is 9.53 Å². The van der Waals surface area contributed by atoms with Crippen molar-refractivity contribution in [2.24, 2.45) is 0 Å². The molecule has 2 heterocycles. The number of amides is 1. The Kier molecular flexibility index (Phi) is 2.71. The van der Waals surface area contributed by atoms with Crippen LogP contribution in [0.3, 0.4) is 0 Å². The maximum absolute atomic E-state index is 11.6. The lowest BCUT2D eigenvalue weighted by atomic mass is 10.1. The van der Waals surface area contributed by atoms with Crippen LogP contribution in [0.25, 0.3) is 11.3 Å². The minimum atomic E-state index is -0.0824. The number of aromatic nitrogens is 1. The average Bonchev–Trinajstić information content (AvgIpc) is 2.44. The van der Waals surface area contributed by atoms with Crippen LogP contribution in [0.4, 0.5) is 5.82 Å². The maximum atomic E-state index is 11.6. The van der Waals surface area contributed by atoms with Crippen molar-refractivity contribution in [1.82, 2.24) is 4.98 Å². The first kappa shape index (κ1) is 11.7. The number of nitrogens with zero attached hydrogens (tertiary/aromatic N) is 2. The van der Waals surface area contributed by atoms with E-state index in [0.717, 1.165) is 11.3 Å². The highest BCUT2D eigenvalue weighted by molar-refractivity contribution is 5.96. The van der Waals surface area contributed by atoms with Crippen molar-refractivity contribution >= 4 is 11.7 Å². The van der Waals surface area contributed by atoms with Crippen molar-refractivity contribution in [3.8, 4) is 17.0 Å². The number of aryl methyl sites for hydroxylation is 1. The van der Waals surface area contributed by atoms with E-state index >= 15 is 0 Å². The highest BCUT2D eigenvalue weighted by Crippen LogP contribution is 2.31. The van der Waals surface area contributed by atoms with Gasteiger partial charge in [0.1, 0.15) is 0 Å². The van der Waals surface area contributed by atoms with Gasteiger partial charge in [0.15, 0.2) is 18.2 Å². The number of likely N-dealkylation sites (N-methyl/N-ethyl adjacent to an activating group) is 1. The summed E-state index contributed by atoms with van der Waals surface area (Å²) in [4.78, 5) is 17.7. The maximum Gasteiger partial charge on any atom is 0.265 e. The summed E-state index contributed by atoms with van der Waals surface area (Å²) >= 11 is 0. The van der Waals surface area contributed by atoms with E-state index in [9.17, 15) is 4.79 Å². The van der Waals surface area contributed by atoms with Crippen molar-refractivity contribution in [3.05, 3.63) is 42.0 Å². The standard InChI is InChI=1S/C15H14N2O2/c1-10-3-5-11(6-4-10)12-7-8-13-15(16-12)17(2)14(18)9-19-13/h3-8H,9H2,1-2H3. The molecule has 3 rings (SSSR count). The van der Waals surface area contributed by atoms with Gasteiger partial charge in [-0.1, -0.05) is 29.8 Å². The number of carbonyl (C=O) groups excluding carboxylic acids is 1. The van der Waals surface area contributed by atoms with Gasteiger partial charge in [0, 0.05) is 12.6 Å². The fraction of sp³-hybridized carbons (Fsp3) is 0.200. The molecule has 96 valence electrons. The molecule has 1 aliphatic rings. The Hall–Kier alpha value is -2.36. The lowest BCUT2D eigenvalue weighted by Gasteiger charge is -2.25. The van der Waals surface area contributed by atoms with Crippen LogP contribution in [0.2, 0.25) is 0 Å². The molecule has 0 fully saturated rings. The molecule has 0 N–H and O–H groups in total. The topological polar surface area (TPSA) is 42.4 Å². The van der Waals surface area contributed by atoms with Gasteiger partial charge >= 0.3 is 0 Å². The number of carbonyl (C=O) groups is 1. The predicted octanol–water partition coefficient (Wildman–Crippen LogP) is 2.41. The molecule has 19 heavy (non-hydrogen) atoms. The van der Waals surface area contributed by atoms with E-state index in [1.54, 1.807) is 7.05 Å². The Bertz CT molecular complexity index is 635. The van der Waals surface area contributed by atoms with Crippen LogP contribution in [0.15, 0.2) is 36.4 Å². The molecule has 0 saturated heterocycles. The molecule has 4 nitrogen and oxygen atoms in total. The Morgan fingerprint density at radius 2 is 1.89 bits per heavy atom. The summed E-state index contributed by atoms with van der Waals surface area (Å²) in [5.41, 5.74) is 3.07. The zero-order valence-electron chi connectivity index (χ0n) is 10.9. The molecule has 0 radical (unpaired) electrons. The molecule has 1 aliphatic heterocycles. The van der Waals surface area contributed by atoms with Gasteiger partial charge in [0.25, 0.3) is 5.91 Å². The fourth-order valence-corrected chi connectivity index (χ4v) is 2.03. The summed E-state index contributed by atoms with van der Waals surface area (Å²) in [5, 5.41) is 0. The molecule has 0 aliphatic carbocycles. The Morgan fingerprint density at radius 1 is 1.16 bits per heavy atom. The second-order valence-electron chi connectivity index (χ2n) is 4.63. The van der Waals surface area contributed by atoms with E-state index < -0.39 is 0 Å². The van der Waals surface area contributed by atoms with Crippen LogP contribution in [0, 0.1) is 6.92 Å². The molecular formula is C15H14N2O2. The molecule has 1 aromatic carbocycles. The second-order valence-corrected chi connectivity index (χ2v) is 4.63. The SMILES string of the molecule is Cc1ccc(-c2ccc3c(n2)N(C)C(=O)CO3)cc1. The fourth-order valence-electron chi connectivity index (χ4n) is 2.03. The van der Waals surface area contributed by atoms with Crippen LogP contribution in [0.5, 0.6) is 5.75 Å². The number of ether oxygens (including phenoxy) is 1. The number of rotatable bonds is 1. The first-order chi connectivity index (χ1) is 9.15. The molecule has 4 heteroatoms. The van der Waals surface area contributed by atoms with Gasteiger partial charge in [0.05, 0.1) is 5.69 Å². The summed E-state index contributed by atoms with van der Waals surface area (Å²) in [6, 6.07) is 11.9. The van der Waals surface area contributed by atoms with E-state index in [-0.39, 0.29) is 12.5 Å². The zero-order valence-corrected chi connectivity index (χ0v) is 10.9. The summed E-state index contributed by atoms with van der Waals surface area (Å²) < 4.78 is 5.36. The smallest absolute Gasteiger partial charge is 0.265 e. The predicted molar refractivity (Wildman–Crippen MR) is 73.3 cm³/mol. The summed E-state index contributed by atoms with van der Waals surface area (Å²) in [7, 11) is 1.72. The van der Waals surface area contributed by atoms with Gasteiger partial charge in [-0.25, -0.2) is 4.98 Å². The van der Waals surface area contributed by atoms with Crippen LogP contribution in [-0.2, 0) is 4.79 Å². The van der Waals surface area contributed by atoms with Gasteiger partial charge in [-0.05, 0) is 19.1 Å². The van der Waals surface area contributed by atoms with Gasteiger partial charge in [-0.2, -0.15) is 0 Å². The third kappa shape index (κ3) is 2.05. The highest BCUT2D eigenvalue weighted by atomic mass is 16.5. The monoisotopic (exact) mass is 254 g/mol.